The van der Waals surface area contributed by atoms with E-state index in [1.165, 1.54) is 0 Å². The Balaban J connectivity index is 2.86. The van der Waals surface area contributed by atoms with Crippen LogP contribution >= 0.6 is 11.6 Å². The molecular weight excluding hydrogens is 226 g/mol. The van der Waals surface area contributed by atoms with E-state index in [1.807, 2.05) is 0 Å². The maximum Gasteiger partial charge on any atom is 0.310 e. The summed E-state index contributed by atoms with van der Waals surface area (Å²) >= 11 is 5.45. The molecule has 2 nitrogen and oxygen atoms in total. The first-order valence-electron chi connectivity index (χ1n) is 4.33. The van der Waals surface area contributed by atoms with Gasteiger partial charge in [-0.3, -0.25) is 4.79 Å². The van der Waals surface area contributed by atoms with Crippen molar-refractivity contribution in [1.82, 2.24) is 0 Å². The molecular formula is C10H9ClF2O2. The summed E-state index contributed by atoms with van der Waals surface area (Å²) in [5.41, 5.74) is 0.0276. The van der Waals surface area contributed by atoms with Crippen LogP contribution in [0.3, 0.4) is 0 Å². The molecule has 0 fully saturated rings. The van der Waals surface area contributed by atoms with Crippen LogP contribution in [-0.2, 0) is 16.0 Å². The number of esters is 1. The van der Waals surface area contributed by atoms with Crippen LogP contribution in [0.5, 0.6) is 0 Å². The summed E-state index contributed by atoms with van der Waals surface area (Å²) in [5.74, 6) is -2.22. The third kappa shape index (κ3) is 3.16. The molecule has 0 saturated heterocycles. The van der Waals surface area contributed by atoms with Gasteiger partial charge in [-0.1, -0.05) is 11.6 Å². The van der Waals surface area contributed by atoms with E-state index in [1.54, 1.807) is 6.92 Å². The smallest absolute Gasteiger partial charge is 0.310 e. The molecule has 0 saturated carbocycles. The van der Waals surface area contributed by atoms with Crippen molar-refractivity contribution in [2.24, 2.45) is 0 Å². The summed E-state index contributed by atoms with van der Waals surface area (Å²) in [5, 5.41) is -0.212. The lowest BCUT2D eigenvalue weighted by Crippen LogP contribution is -2.09. The molecule has 0 aliphatic rings. The van der Waals surface area contributed by atoms with E-state index in [-0.39, 0.29) is 23.6 Å². The third-order valence-corrected chi connectivity index (χ3v) is 2.02. The summed E-state index contributed by atoms with van der Waals surface area (Å²) in [6.45, 7) is 1.86. The van der Waals surface area contributed by atoms with Crippen molar-refractivity contribution < 1.29 is 18.3 Å². The van der Waals surface area contributed by atoms with Gasteiger partial charge in [0.2, 0.25) is 0 Å². The minimum absolute atomic E-state index is 0.0276. The summed E-state index contributed by atoms with van der Waals surface area (Å²) < 4.78 is 30.5. The normalized spacial score (nSPS) is 10.1. The zero-order chi connectivity index (χ0) is 11.4. The molecule has 1 aromatic rings. The fraction of sp³-hybridized carbons (Fsp3) is 0.300. The van der Waals surface area contributed by atoms with E-state index in [4.69, 9.17) is 11.6 Å². The highest BCUT2D eigenvalue weighted by atomic mass is 35.5. The maximum atomic E-state index is 13.1. The van der Waals surface area contributed by atoms with Crippen LogP contribution in [0.1, 0.15) is 12.5 Å². The fourth-order valence-electron chi connectivity index (χ4n) is 1.07. The molecule has 0 heterocycles. The van der Waals surface area contributed by atoms with E-state index in [2.05, 4.69) is 4.74 Å². The van der Waals surface area contributed by atoms with Crippen molar-refractivity contribution in [2.45, 2.75) is 13.3 Å². The predicted octanol–water partition coefficient (Wildman–Crippen LogP) is 2.72. The van der Waals surface area contributed by atoms with Gasteiger partial charge in [0.15, 0.2) is 0 Å². The Kier molecular flexibility index (Phi) is 4.03. The van der Waals surface area contributed by atoms with Crippen LogP contribution in [0.4, 0.5) is 8.78 Å². The number of hydrogen-bond donors (Lipinski definition) is 0. The molecule has 0 N–H and O–H groups in total. The van der Waals surface area contributed by atoms with Gasteiger partial charge in [0.25, 0.3) is 0 Å². The molecule has 0 spiro atoms. The van der Waals surface area contributed by atoms with Gasteiger partial charge < -0.3 is 4.74 Å². The van der Waals surface area contributed by atoms with Gasteiger partial charge in [0, 0.05) is 11.6 Å². The predicted molar refractivity (Wildman–Crippen MR) is 51.7 cm³/mol. The topological polar surface area (TPSA) is 26.3 Å². The van der Waals surface area contributed by atoms with Crippen LogP contribution < -0.4 is 0 Å². The van der Waals surface area contributed by atoms with E-state index in [9.17, 15) is 13.6 Å². The van der Waals surface area contributed by atoms with Crippen molar-refractivity contribution in [3.63, 3.8) is 0 Å². The molecule has 82 valence electrons. The molecule has 0 aliphatic heterocycles. The van der Waals surface area contributed by atoms with Crippen LogP contribution in [0, 0.1) is 11.6 Å². The maximum absolute atomic E-state index is 13.1. The lowest BCUT2D eigenvalue weighted by molar-refractivity contribution is -0.142. The van der Waals surface area contributed by atoms with E-state index < -0.39 is 17.6 Å². The number of carbonyl (C=O) groups excluding carboxylic acids is 1. The number of halogens is 3. The van der Waals surface area contributed by atoms with Gasteiger partial charge in [0.05, 0.1) is 18.1 Å². The quantitative estimate of drug-likeness (QED) is 0.594. The third-order valence-electron chi connectivity index (χ3n) is 1.73. The van der Waals surface area contributed by atoms with Crippen LogP contribution in [0.25, 0.3) is 0 Å². The molecule has 0 aromatic heterocycles. The van der Waals surface area contributed by atoms with Crippen molar-refractivity contribution >= 4 is 17.6 Å². The summed E-state index contributed by atoms with van der Waals surface area (Å²) in [4.78, 5) is 11.0. The molecule has 0 unspecified atom stereocenters. The van der Waals surface area contributed by atoms with E-state index in [0.717, 1.165) is 6.07 Å². The molecule has 15 heavy (non-hydrogen) atoms. The SMILES string of the molecule is CCOC(=O)Cc1cc(Cl)c(F)cc1F. The van der Waals surface area contributed by atoms with Crippen molar-refractivity contribution in [3.8, 4) is 0 Å². The Morgan fingerprint density at radius 3 is 2.67 bits per heavy atom. The van der Waals surface area contributed by atoms with Crippen molar-refractivity contribution in [1.29, 1.82) is 0 Å². The summed E-state index contributed by atoms with van der Waals surface area (Å²) in [6.07, 6.45) is -0.250. The van der Waals surface area contributed by atoms with Crippen LogP contribution in [0.15, 0.2) is 12.1 Å². The van der Waals surface area contributed by atoms with Gasteiger partial charge >= 0.3 is 5.97 Å². The second-order valence-corrected chi connectivity index (χ2v) is 3.25. The number of benzene rings is 1. The molecule has 0 amide bonds. The molecule has 1 aromatic carbocycles. The molecule has 0 atom stereocenters. The molecule has 0 radical (unpaired) electrons. The second-order valence-electron chi connectivity index (χ2n) is 2.84. The van der Waals surface area contributed by atoms with E-state index >= 15 is 0 Å². The Morgan fingerprint density at radius 1 is 1.40 bits per heavy atom. The molecule has 1 rings (SSSR count). The second kappa shape index (κ2) is 5.07. The lowest BCUT2D eigenvalue weighted by atomic mass is 10.1. The average molecular weight is 235 g/mol. The van der Waals surface area contributed by atoms with Gasteiger partial charge in [-0.15, -0.1) is 0 Å². The first-order chi connectivity index (χ1) is 7.04. The monoisotopic (exact) mass is 234 g/mol. The highest BCUT2D eigenvalue weighted by molar-refractivity contribution is 6.30. The highest BCUT2D eigenvalue weighted by Crippen LogP contribution is 2.19. The van der Waals surface area contributed by atoms with Gasteiger partial charge in [0.1, 0.15) is 11.6 Å². The van der Waals surface area contributed by atoms with Gasteiger partial charge in [-0.25, -0.2) is 8.78 Å². The Hall–Kier alpha value is -1.16. The highest BCUT2D eigenvalue weighted by Gasteiger charge is 2.12. The largest absolute Gasteiger partial charge is 0.466 e. The van der Waals surface area contributed by atoms with Crippen LogP contribution in [0.2, 0.25) is 5.02 Å². The Morgan fingerprint density at radius 2 is 2.07 bits per heavy atom. The van der Waals surface area contributed by atoms with Crippen molar-refractivity contribution in [2.75, 3.05) is 6.61 Å². The minimum atomic E-state index is -0.846. The zero-order valence-corrected chi connectivity index (χ0v) is 8.78. The minimum Gasteiger partial charge on any atom is -0.466 e. The molecule has 0 bridgehead atoms. The van der Waals surface area contributed by atoms with Crippen molar-refractivity contribution in [3.05, 3.63) is 34.4 Å². The number of rotatable bonds is 3. The summed E-state index contributed by atoms with van der Waals surface area (Å²) in [6, 6.07) is 1.74. The van der Waals surface area contributed by atoms with Gasteiger partial charge in [-0.2, -0.15) is 0 Å². The van der Waals surface area contributed by atoms with E-state index in [0.29, 0.717) is 6.07 Å². The number of ether oxygens (including phenoxy) is 1. The fourth-order valence-corrected chi connectivity index (χ4v) is 1.25. The lowest BCUT2D eigenvalue weighted by Gasteiger charge is -2.04. The first kappa shape index (κ1) is 11.9. The standard InChI is InChI=1S/C10H9ClF2O2/c1-2-15-10(14)4-6-3-7(11)9(13)5-8(6)12/h3,5H,2,4H2,1H3. The van der Waals surface area contributed by atoms with Crippen LogP contribution in [-0.4, -0.2) is 12.6 Å². The molecule has 5 heteroatoms. The van der Waals surface area contributed by atoms with Gasteiger partial charge in [-0.05, 0) is 13.0 Å². The Labute approximate surface area is 90.8 Å². The number of hydrogen-bond acceptors (Lipinski definition) is 2. The first-order valence-corrected chi connectivity index (χ1v) is 4.71. The summed E-state index contributed by atoms with van der Waals surface area (Å²) in [7, 11) is 0. The Bertz CT molecular complexity index is 380. The molecule has 0 aliphatic carbocycles. The zero-order valence-electron chi connectivity index (χ0n) is 8.02. The average Bonchev–Trinajstić information content (AvgIpc) is 2.14. The number of carbonyl (C=O) groups is 1.